The zero-order chi connectivity index (χ0) is 20.4. The van der Waals surface area contributed by atoms with Gasteiger partial charge in [0.25, 0.3) is 5.91 Å². The molecule has 3 aromatic rings. The minimum Gasteiger partial charge on any atom is -0.361 e. The fraction of sp³-hybridized carbons (Fsp3) is 0.190. The summed E-state index contributed by atoms with van der Waals surface area (Å²) < 4.78 is 0. The quantitative estimate of drug-likeness (QED) is 0.432. The van der Waals surface area contributed by atoms with Crippen LogP contribution in [-0.4, -0.2) is 46.6 Å². The van der Waals surface area contributed by atoms with Crippen molar-refractivity contribution in [2.45, 2.75) is 17.4 Å². The Hall–Kier alpha value is -3.26. The lowest BCUT2D eigenvalue weighted by Crippen LogP contribution is -2.38. The highest BCUT2D eigenvalue weighted by Gasteiger charge is 2.39. The van der Waals surface area contributed by atoms with Crippen LogP contribution in [0.3, 0.4) is 0 Å². The number of carbonyl (C=O) groups is 3. The largest absolute Gasteiger partial charge is 0.361 e. The number of thioether (sulfide) groups is 1. The number of imide groups is 1. The molecule has 4 amide bonds. The number of para-hydroxylation sites is 1. The maximum atomic E-state index is 12.7. The van der Waals surface area contributed by atoms with Gasteiger partial charge in [0.15, 0.2) is 0 Å². The first-order chi connectivity index (χ1) is 14.0. The van der Waals surface area contributed by atoms with Gasteiger partial charge in [-0.05, 0) is 36.1 Å². The fourth-order valence-corrected chi connectivity index (χ4v) is 3.89. The standard InChI is InChI=1S/C21H20N4O3S/c1-29-15-6-4-5-14(10-15)23-19(26)12-25-20(27)18(24-21(25)28)9-13-11-22-17-8-3-2-7-16(13)17/h2-8,10-11,18,22H,9,12H2,1H3,(H,23,26)(H,24,28)/t18-/m1/s1. The van der Waals surface area contributed by atoms with E-state index in [1.54, 1.807) is 17.8 Å². The summed E-state index contributed by atoms with van der Waals surface area (Å²) in [5, 5.41) is 6.44. The SMILES string of the molecule is CSc1cccc(NC(=O)CN2C(=O)N[C@H](Cc3c[nH]c4ccccc34)C2=O)c1. The molecule has 0 spiro atoms. The van der Waals surface area contributed by atoms with Crippen LogP contribution in [0.5, 0.6) is 0 Å². The van der Waals surface area contributed by atoms with Crippen LogP contribution in [-0.2, 0) is 16.0 Å². The van der Waals surface area contributed by atoms with E-state index >= 15 is 0 Å². The van der Waals surface area contributed by atoms with Gasteiger partial charge in [-0.2, -0.15) is 0 Å². The molecule has 29 heavy (non-hydrogen) atoms. The summed E-state index contributed by atoms with van der Waals surface area (Å²) in [6.45, 7) is -0.321. The zero-order valence-electron chi connectivity index (χ0n) is 15.8. The topological polar surface area (TPSA) is 94.3 Å². The van der Waals surface area contributed by atoms with Gasteiger partial charge in [-0.15, -0.1) is 11.8 Å². The number of fused-ring (bicyclic) bond motifs is 1. The van der Waals surface area contributed by atoms with Gasteiger partial charge in [-0.1, -0.05) is 24.3 Å². The molecule has 148 valence electrons. The molecule has 2 aromatic carbocycles. The Morgan fingerprint density at radius 3 is 2.83 bits per heavy atom. The van der Waals surface area contributed by atoms with Crippen molar-refractivity contribution in [3.63, 3.8) is 0 Å². The summed E-state index contributed by atoms with van der Waals surface area (Å²) in [6, 6.07) is 13.9. The molecule has 1 atom stereocenters. The average molecular weight is 408 g/mol. The Morgan fingerprint density at radius 2 is 2.00 bits per heavy atom. The fourth-order valence-electron chi connectivity index (χ4n) is 3.43. The smallest absolute Gasteiger partial charge is 0.325 e. The molecule has 0 radical (unpaired) electrons. The number of aromatic nitrogens is 1. The van der Waals surface area contributed by atoms with Crippen molar-refractivity contribution >= 4 is 46.2 Å². The van der Waals surface area contributed by atoms with Crippen LogP contribution >= 0.6 is 11.8 Å². The lowest BCUT2D eigenvalue weighted by atomic mass is 10.1. The van der Waals surface area contributed by atoms with Gasteiger partial charge in [-0.25, -0.2) is 4.79 Å². The number of aromatic amines is 1. The molecule has 2 heterocycles. The number of carbonyl (C=O) groups excluding carboxylic acids is 3. The van der Waals surface area contributed by atoms with Crippen molar-refractivity contribution in [3.8, 4) is 0 Å². The first-order valence-corrected chi connectivity index (χ1v) is 10.4. The summed E-state index contributed by atoms with van der Waals surface area (Å²) in [5.41, 5.74) is 2.55. The van der Waals surface area contributed by atoms with Gasteiger partial charge < -0.3 is 15.6 Å². The van der Waals surface area contributed by atoms with Crippen molar-refractivity contribution in [1.29, 1.82) is 0 Å². The van der Waals surface area contributed by atoms with Crippen molar-refractivity contribution < 1.29 is 14.4 Å². The van der Waals surface area contributed by atoms with Gasteiger partial charge in [0.05, 0.1) is 0 Å². The number of hydrogen-bond acceptors (Lipinski definition) is 4. The number of nitrogens with one attached hydrogen (secondary N) is 3. The van der Waals surface area contributed by atoms with Crippen LogP contribution in [0.1, 0.15) is 5.56 Å². The highest BCUT2D eigenvalue weighted by Crippen LogP contribution is 2.22. The Balaban J connectivity index is 1.42. The lowest BCUT2D eigenvalue weighted by molar-refractivity contribution is -0.130. The van der Waals surface area contributed by atoms with Gasteiger partial charge in [0.1, 0.15) is 12.6 Å². The summed E-state index contributed by atoms with van der Waals surface area (Å²) in [5.74, 6) is -0.812. The summed E-state index contributed by atoms with van der Waals surface area (Å²) in [7, 11) is 0. The van der Waals surface area contributed by atoms with Crippen molar-refractivity contribution in [1.82, 2.24) is 15.2 Å². The summed E-state index contributed by atoms with van der Waals surface area (Å²) >= 11 is 1.56. The van der Waals surface area contributed by atoms with E-state index in [1.807, 2.05) is 54.9 Å². The Bertz CT molecular complexity index is 1090. The third-order valence-electron chi connectivity index (χ3n) is 4.86. The molecule has 1 fully saturated rings. The van der Waals surface area contributed by atoms with E-state index in [-0.39, 0.29) is 6.54 Å². The van der Waals surface area contributed by atoms with E-state index < -0.39 is 23.9 Å². The van der Waals surface area contributed by atoms with Crippen molar-refractivity contribution in [2.24, 2.45) is 0 Å². The molecule has 4 rings (SSSR count). The van der Waals surface area contributed by atoms with Crippen molar-refractivity contribution in [2.75, 3.05) is 18.1 Å². The normalized spacial score (nSPS) is 16.3. The molecule has 1 aliphatic heterocycles. The zero-order valence-corrected chi connectivity index (χ0v) is 16.6. The molecule has 0 bridgehead atoms. The number of rotatable bonds is 6. The van der Waals surface area contributed by atoms with Crippen molar-refractivity contribution in [3.05, 3.63) is 60.3 Å². The third kappa shape index (κ3) is 3.97. The molecule has 8 heteroatoms. The second kappa shape index (κ2) is 8.00. The predicted molar refractivity (Wildman–Crippen MR) is 113 cm³/mol. The van der Waals surface area contributed by atoms with E-state index in [0.29, 0.717) is 12.1 Å². The Morgan fingerprint density at radius 1 is 1.17 bits per heavy atom. The second-order valence-corrected chi connectivity index (χ2v) is 7.65. The molecule has 0 saturated carbocycles. The Kier molecular flexibility index (Phi) is 5.26. The molecule has 3 N–H and O–H groups in total. The minimum atomic E-state index is -0.686. The first kappa shape index (κ1) is 19.1. The molecule has 1 saturated heterocycles. The molecule has 0 unspecified atom stereocenters. The highest BCUT2D eigenvalue weighted by molar-refractivity contribution is 7.98. The lowest BCUT2D eigenvalue weighted by Gasteiger charge is -2.13. The highest BCUT2D eigenvalue weighted by atomic mass is 32.2. The van der Waals surface area contributed by atoms with Gasteiger partial charge >= 0.3 is 6.03 Å². The minimum absolute atomic E-state index is 0.321. The second-order valence-electron chi connectivity index (χ2n) is 6.77. The number of urea groups is 1. The molecule has 1 aliphatic rings. The third-order valence-corrected chi connectivity index (χ3v) is 5.59. The molecule has 1 aromatic heterocycles. The van der Waals surface area contributed by atoms with Gasteiger partial charge in [0.2, 0.25) is 5.91 Å². The van der Waals surface area contributed by atoms with Crippen LogP contribution in [0.2, 0.25) is 0 Å². The van der Waals surface area contributed by atoms with E-state index in [0.717, 1.165) is 26.3 Å². The first-order valence-electron chi connectivity index (χ1n) is 9.16. The van der Waals surface area contributed by atoms with Gasteiger partial charge in [0, 0.05) is 34.1 Å². The average Bonchev–Trinajstić information content (AvgIpc) is 3.24. The van der Waals surface area contributed by atoms with E-state index in [1.165, 1.54) is 0 Å². The van der Waals surface area contributed by atoms with Crippen LogP contribution in [0, 0.1) is 0 Å². The maximum Gasteiger partial charge on any atom is 0.325 e. The molecular formula is C21H20N4O3S. The van der Waals surface area contributed by atoms with E-state index in [2.05, 4.69) is 15.6 Å². The number of nitrogens with zero attached hydrogens (tertiary/aromatic N) is 1. The number of benzene rings is 2. The summed E-state index contributed by atoms with van der Waals surface area (Å²) in [4.78, 5) is 42.5. The van der Waals surface area contributed by atoms with Crippen LogP contribution in [0.15, 0.2) is 59.6 Å². The monoisotopic (exact) mass is 408 g/mol. The summed E-state index contributed by atoms with van der Waals surface area (Å²) in [6.07, 6.45) is 4.16. The molecule has 7 nitrogen and oxygen atoms in total. The van der Waals surface area contributed by atoms with Crippen LogP contribution < -0.4 is 10.6 Å². The van der Waals surface area contributed by atoms with Crippen LogP contribution in [0.25, 0.3) is 10.9 Å². The van der Waals surface area contributed by atoms with Crippen LogP contribution in [0.4, 0.5) is 10.5 Å². The predicted octanol–water partition coefficient (Wildman–Crippen LogP) is 2.99. The molecular weight excluding hydrogens is 388 g/mol. The number of amides is 4. The van der Waals surface area contributed by atoms with E-state index in [4.69, 9.17) is 0 Å². The number of anilines is 1. The maximum absolute atomic E-state index is 12.7. The molecule has 0 aliphatic carbocycles. The Labute approximate surface area is 171 Å². The van der Waals surface area contributed by atoms with Gasteiger partial charge in [-0.3, -0.25) is 14.5 Å². The number of hydrogen-bond donors (Lipinski definition) is 3. The number of H-pyrrole nitrogens is 1. The van der Waals surface area contributed by atoms with E-state index in [9.17, 15) is 14.4 Å².